The fourth-order valence-electron chi connectivity index (χ4n) is 2.61. The molecule has 1 saturated heterocycles. The number of hydrogen-bond acceptors (Lipinski definition) is 4. The highest BCUT2D eigenvalue weighted by molar-refractivity contribution is 5.91. The molecule has 0 bridgehead atoms. The Morgan fingerprint density at radius 3 is 3.05 bits per heavy atom. The lowest BCUT2D eigenvalue weighted by Crippen LogP contribution is -2.27. The Balaban J connectivity index is 1.79. The van der Waals surface area contributed by atoms with E-state index in [1.165, 1.54) is 5.56 Å². The fourth-order valence-corrected chi connectivity index (χ4v) is 2.61. The number of benzene rings is 1. The molecule has 0 unspecified atom stereocenters. The Hall–Kier alpha value is -1.85. The van der Waals surface area contributed by atoms with E-state index < -0.39 is 5.97 Å². The maximum absolute atomic E-state index is 10.9. The van der Waals surface area contributed by atoms with Crippen molar-refractivity contribution in [2.45, 2.75) is 13.0 Å². The topological polar surface area (TPSA) is 65.7 Å². The molecule has 3 rings (SSSR count). The molecule has 2 heterocycles. The van der Waals surface area contributed by atoms with Gasteiger partial charge in [0, 0.05) is 25.0 Å². The molecular weight excluding hydrogens is 256 g/mol. The minimum absolute atomic E-state index is 0.00359. The first-order valence-corrected chi connectivity index (χ1v) is 6.91. The summed E-state index contributed by atoms with van der Waals surface area (Å²) >= 11 is 0. The highest BCUT2D eigenvalue weighted by Crippen LogP contribution is 2.21. The molecule has 1 aliphatic rings. The number of furan rings is 1. The molecule has 1 aromatic heterocycles. The average molecular weight is 274 g/mol. The van der Waals surface area contributed by atoms with Crippen LogP contribution in [0.15, 0.2) is 28.7 Å². The zero-order valence-electron chi connectivity index (χ0n) is 11.3. The van der Waals surface area contributed by atoms with Crippen molar-refractivity contribution in [3.8, 4) is 0 Å². The van der Waals surface area contributed by atoms with Crippen LogP contribution in [0.25, 0.3) is 11.0 Å². The Morgan fingerprint density at radius 1 is 1.30 bits per heavy atom. The number of carboxylic acid groups (broad SMARTS) is 1. The molecule has 1 fully saturated rings. The summed E-state index contributed by atoms with van der Waals surface area (Å²) in [5.74, 6) is -1.03. The van der Waals surface area contributed by atoms with Crippen molar-refractivity contribution in [1.29, 1.82) is 0 Å². The van der Waals surface area contributed by atoms with E-state index in [2.05, 4.69) is 10.2 Å². The normalized spacial score (nSPS) is 17.2. The van der Waals surface area contributed by atoms with E-state index in [1.807, 2.05) is 18.2 Å². The highest BCUT2D eigenvalue weighted by atomic mass is 16.4. The minimum atomic E-state index is -1.03. The second-order valence-electron chi connectivity index (χ2n) is 5.17. The van der Waals surface area contributed by atoms with Crippen molar-refractivity contribution in [2.24, 2.45) is 0 Å². The van der Waals surface area contributed by atoms with Gasteiger partial charge in [0.15, 0.2) is 0 Å². The van der Waals surface area contributed by atoms with Gasteiger partial charge in [0.1, 0.15) is 5.58 Å². The van der Waals surface area contributed by atoms with Crippen molar-refractivity contribution >= 4 is 16.9 Å². The summed E-state index contributed by atoms with van der Waals surface area (Å²) in [5.41, 5.74) is 1.82. The summed E-state index contributed by atoms with van der Waals surface area (Å²) in [6, 6.07) is 7.47. The van der Waals surface area contributed by atoms with Gasteiger partial charge in [-0.15, -0.1) is 0 Å². The second kappa shape index (κ2) is 5.64. The lowest BCUT2D eigenvalue weighted by molar-refractivity contribution is 0.0665. The Labute approximate surface area is 117 Å². The number of hydrogen-bond donors (Lipinski definition) is 2. The average Bonchev–Trinajstić information content (AvgIpc) is 2.69. The number of rotatable bonds is 3. The summed E-state index contributed by atoms with van der Waals surface area (Å²) < 4.78 is 5.27. The molecule has 1 aromatic carbocycles. The number of fused-ring (bicyclic) bond motifs is 1. The van der Waals surface area contributed by atoms with Gasteiger partial charge in [-0.1, -0.05) is 6.07 Å². The number of carbonyl (C=O) groups is 1. The first-order valence-electron chi connectivity index (χ1n) is 6.91. The molecular formula is C15H18N2O3. The summed E-state index contributed by atoms with van der Waals surface area (Å²) in [7, 11) is 0. The van der Waals surface area contributed by atoms with E-state index in [4.69, 9.17) is 9.52 Å². The molecule has 20 heavy (non-hydrogen) atoms. The minimum Gasteiger partial charge on any atom is -0.475 e. The van der Waals surface area contributed by atoms with E-state index in [0.717, 1.165) is 44.5 Å². The largest absolute Gasteiger partial charge is 0.475 e. The quantitative estimate of drug-likeness (QED) is 0.895. The van der Waals surface area contributed by atoms with Crippen molar-refractivity contribution < 1.29 is 14.3 Å². The van der Waals surface area contributed by atoms with Crippen LogP contribution in [0.4, 0.5) is 0 Å². The molecule has 5 nitrogen and oxygen atoms in total. The second-order valence-corrected chi connectivity index (χ2v) is 5.17. The predicted molar refractivity (Wildman–Crippen MR) is 75.9 cm³/mol. The van der Waals surface area contributed by atoms with Crippen LogP contribution in [0.1, 0.15) is 22.5 Å². The van der Waals surface area contributed by atoms with Crippen LogP contribution in [0.5, 0.6) is 0 Å². The van der Waals surface area contributed by atoms with Crippen LogP contribution < -0.4 is 5.32 Å². The first-order chi connectivity index (χ1) is 9.72. The standard InChI is InChI=1S/C15H18N2O3/c18-15(19)14-9-12-8-11(2-3-13(12)20-14)10-17-6-1-4-16-5-7-17/h2-3,8-9,16H,1,4-7,10H2,(H,18,19). The molecule has 0 radical (unpaired) electrons. The third-order valence-corrected chi connectivity index (χ3v) is 3.63. The van der Waals surface area contributed by atoms with Gasteiger partial charge in [-0.05, 0) is 43.3 Å². The van der Waals surface area contributed by atoms with Crippen molar-refractivity contribution in [2.75, 3.05) is 26.2 Å². The number of nitrogens with one attached hydrogen (secondary N) is 1. The van der Waals surface area contributed by atoms with E-state index in [1.54, 1.807) is 6.07 Å². The molecule has 0 amide bonds. The summed E-state index contributed by atoms with van der Waals surface area (Å²) in [5, 5.41) is 13.2. The van der Waals surface area contributed by atoms with Gasteiger partial charge in [0.2, 0.25) is 5.76 Å². The van der Waals surface area contributed by atoms with Gasteiger partial charge in [-0.25, -0.2) is 4.79 Å². The zero-order chi connectivity index (χ0) is 13.9. The lowest BCUT2D eigenvalue weighted by Gasteiger charge is -2.19. The van der Waals surface area contributed by atoms with Gasteiger partial charge in [0.25, 0.3) is 0 Å². The molecule has 0 atom stereocenters. The summed E-state index contributed by atoms with van der Waals surface area (Å²) in [6.45, 7) is 5.14. The summed E-state index contributed by atoms with van der Waals surface area (Å²) in [6.07, 6.45) is 1.16. The van der Waals surface area contributed by atoms with Crippen molar-refractivity contribution in [1.82, 2.24) is 10.2 Å². The van der Waals surface area contributed by atoms with E-state index in [9.17, 15) is 4.79 Å². The van der Waals surface area contributed by atoms with Crippen molar-refractivity contribution in [3.63, 3.8) is 0 Å². The first kappa shape index (κ1) is 13.1. The van der Waals surface area contributed by atoms with E-state index in [0.29, 0.717) is 5.58 Å². The molecule has 106 valence electrons. The van der Waals surface area contributed by atoms with Crippen molar-refractivity contribution in [3.05, 3.63) is 35.6 Å². The maximum Gasteiger partial charge on any atom is 0.371 e. The SMILES string of the molecule is O=C(O)c1cc2cc(CN3CCCNCC3)ccc2o1. The van der Waals surface area contributed by atoms with Crippen LogP contribution in [0.2, 0.25) is 0 Å². The molecule has 5 heteroatoms. The molecule has 0 spiro atoms. The van der Waals surface area contributed by atoms with Crippen LogP contribution in [-0.2, 0) is 6.54 Å². The molecule has 2 aromatic rings. The molecule has 2 N–H and O–H groups in total. The fraction of sp³-hybridized carbons (Fsp3) is 0.400. The third kappa shape index (κ3) is 2.84. The van der Waals surface area contributed by atoms with Crippen LogP contribution >= 0.6 is 0 Å². The Morgan fingerprint density at radius 2 is 2.20 bits per heavy atom. The maximum atomic E-state index is 10.9. The predicted octanol–water partition coefficient (Wildman–Crippen LogP) is 1.93. The van der Waals surface area contributed by atoms with Gasteiger partial charge >= 0.3 is 5.97 Å². The van der Waals surface area contributed by atoms with Gasteiger partial charge in [0.05, 0.1) is 0 Å². The monoisotopic (exact) mass is 274 g/mol. The zero-order valence-corrected chi connectivity index (χ0v) is 11.3. The smallest absolute Gasteiger partial charge is 0.371 e. The molecule has 0 aliphatic carbocycles. The molecule has 0 saturated carbocycles. The van der Waals surface area contributed by atoms with Crippen LogP contribution in [0, 0.1) is 0 Å². The van der Waals surface area contributed by atoms with Gasteiger partial charge in [-0.3, -0.25) is 4.90 Å². The number of carboxylic acids is 1. The van der Waals surface area contributed by atoms with E-state index >= 15 is 0 Å². The summed E-state index contributed by atoms with van der Waals surface area (Å²) in [4.78, 5) is 13.3. The van der Waals surface area contributed by atoms with Gasteiger partial charge < -0.3 is 14.8 Å². The third-order valence-electron chi connectivity index (χ3n) is 3.63. The lowest BCUT2D eigenvalue weighted by atomic mass is 10.1. The van der Waals surface area contributed by atoms with Crippen LogP contribution in [-0.4, -0.2) is 42.2 Å². The molecule has 1 aliphatic heterocycles. The highest BCUT2D eigenvalue weighted by Gasteiger charge is 2.12. The number of nitrogens with zero attached hydrogens (tertiary/aromatic N) is 1. The van der Waals surface area contributed by atoms with E-state index in [-0.39, 0.29) is 5.76 Å². The Kier molecular flexibility index (Phi) is 3.71. The number of aromatic carboxylic acids is 1. The van der Waals surface area contributed by atoms with Crippen LogP contribution in [0.3, 0.4) is 0 Å². The Bertz CT molecular complexity index is 613. The van der Waals surface area contributed by atoms with Gasteiger partial charge in [-0.2, -0.15) is 0 Å².